The van der Waals surface area contributed by atoms with Gasteiger partial charge in [-0.2, -0.15) is 0 Å². The van der Waals surface area contributed by atoms with Gasteiger partial charge in [0.1, 0.15) is 5.82 Å². The van der Waals surface area contributed by atoms with Crippen LogP contribution in [0.5, 0.6) is 0 Å². The fourth-order valence-corrected chi connectivity index (χ4v) is 2.00. The topological polar surface area (TPSA) is 54.0 Å². The van der Waals surface area contributed by atoms with Crippen molar-refractivity contribution < 1.29 is 4.79 Å². The van der Waals surface area contributed by atoms with Gasteiger partial charge in [0.25, 0.3) is 5.91 Å². The molecule has 0 aliphatic rings. The van der Waals surface area contributed by atoms with Crippen LogP contribution in [0.4, 0.5) is 5.82 Å². The zero-order valence-corrected chi connectivity index (χ0v) is 13.2. The minimum absolute atomic E-state index is 0.0662. The maximum absolute atomic E-state index is 12.1. The number of anilines is 1. The minimum Gasteiger partial charge on any atom is -0.369 e. The van der Waals surface area contributed by atoms with Gasteiger partial charge in [-0.15, -0.1) is 0 Å². The fourth-order valence-electron chi connectivity index (χ4n) is 1.67. The van der Waals surface area contributed by atoms with Gasteiger partial charge in [0, 0.05) is 23.8 Å². The summed E-state index contributed by atoms with van der Waals surface area (Å²) in [4.78, 5) is 16.4. The second-order valence-corrected chi connectivity index (χ2v) is 5.36. The summed E-state index contributed by atoms with van der Waals surface area (Å²) in [5, 5.41) is 6.12. The van der Waals surface area contributed by atoms with Gasteiger partial charge in [-0.25, -0.2) is 4.98 Å². The molecule has 19 heavy (non-hydrogen) atoms. The van der Waals surface area contributed by atoms with Crippen LogP contribution in [0.25, 0.3) is 0 Å². The Morgan fingerprint density at radius 3 is 2.74 bits per heavy atom. The van der Waals surface area contributed by atoms with E-state index in [1.807, 2.05) is 0 Å². The number of carbonyl (C=O) groups excluding carboxylic acids is 1. The molecule has 0 bridgehead atoms. The van der Waals surface area contributed by atoms with Gasteiger partial charge in [0.05, 0.1) is 5.56 Å². The van der Waals surface area contributed by atoms with Crippen LogP contribution in [-0.4, -0.2) is 24.0 Å². The number of hydrogen-bond acceptors (Lipinski definition) is 3. The second kappa shape index (κ2) is 8.91. The summed E-state index contributed by atoms with van der Waals surface area (Å²) in [5.41, 5.74) is 0.597. The maximum atomic E-state index is 12.1. The van der Waals surface area contributed by atoms with Crippen molar-refractivity contribution in [2.45, 2.75) is 39.5 Å². The molecule has 2 N–H and O–H groups in total. The average Bonchev–Trinajstić information content (AvgIpc) is 2.42. The lowest BCUT2D eigenvalue weighted by Crippen LogP contribution is -2.26. The molecule has 1 aromatic rings. The van der Waals surface area contributed by atoms with Gasteiger partial charge in [-0.05, 0) is 34.8 Å². The minimum atomic E-state index is -0.0662. The number of nitrogens with zero attached hydrogens (tertiary/aromatic N) is 1. The smallest absolute Gasteiger partial charge is 0.255 e. The first kappa shape index (κ1) is 16.0. The SMILES string of the molecule is CCCCCNC(=O)c1cc(Br)cnc1NCCC. The largest absolute Gasteiger partial charge is 0.369 e. The molecule has 106 valence electrons. The van der Waals surface area contributed by atoms with E-state index in [-0.39, 0.29) is 5.91 Å². The van der Waals surface area contributed by atoms with Crippen molar-refractivity contribution in [3.8, 4) is 0 Å². The highest BCUT2D eigenvalue weighted by Crippen LogP contribution is 2.18. The average molecular weight is 328 g/mol. The van der Waals surface area contributed by atoms with Crippen LogP contribution in [0.15, 0.2) is 16.7 Å². The van der Waals surface area contributed by atoms with Gasteiger partial charge in [0.15, 0.2) is 0 Å². The Hall–Kier alpha value is -1.10. The molecule has 0 aliphatic heterocycles. The van der Waals surface area contributed by atoms with Crippen LogP contribution in [0.1, 0.15) is 49.9 Å². The predicted octanol–water partition coefficient (Wildman–Crippen LogP) is 3.59. The Balaban J connectivity index is 2.67. The molecule has 0 fully saturated rings. The third-order valence-corrected chi connectivity index (χ3v) is 3.14. The van der Waals surface area contributed by atoms with Crippen molar-refractivity contribution in [3.63, 3.8) is 0 Å². The molecule has 0 saturated heterocycles. The molecule has 0 aromatic carbocycles. The molecule has 0 saturated carbocycles. The number of rotatable bonds is 8. The van der Waals surface area contributed by atoms with Crippen molar-refractivity contribution in [1.82, 2.24) is 10.3 Å². The quantitative estimate of drug-likeness (QED) is 0.717. The third kappa shape index (κ3) is 5.59. The van der Waals surface area contributed by atoms with Crippen molar-refractivity contribution in [2.75, 3.05) is 18.4 Å². The lowest BCUT2D eigenvalue weighted by atomic mass is 10.2. The van der Waals surface area contributed by atoms with Gasteiger partial charge >= 0.3 is 0 Å². The van der Waals surface area contributed by atoms with E-state index in [9.17, 15) is 4.79 Å². The van der Waals surface area contributed by atoms with Gasteiger partial charge in [-0.1, -0.05) is 26.7 Å². The molecule has 0 unspecified atom stereocenters. The molecule has 1 rings (SSSR count). The summed E-state index contributed by atoms with van der Waals surface area (Å²) in [6.07, 6.45) is 6.00. The molecule has 0 spiro atoms. The molecule has 0 atom stereocenters. The van der Waals surface area contributed by atoms with E-state index in [4.69, 9.17) is 0 Å². The Morgan fingerprint density at radius 1 is 1.26 bits per heavy atom. The summed E-state index contributed by atoms with van der Waals surface area (Å²) in [5.74, 6) is 0.585. The lowest BCUT2D eigenvalue weighted by molar-refractivity contribution is 0.0953. The molecule has 1 heterocycles. The summed E-state index contributed by atoms with van der Waals surface area (Å²) in [6.45, 7) is 5.75. The predicted molar refractivity (Wildman–Crippen MR) is 82.6 cm³/mol. The molecule has 4 nitrogen and oxygen atoms in total. The second-order valence-electron chi connectivity index (χ2n) is 4.44. The first-order chi connectivity index (χ1) is 9.19. The van der Waals surface area contributed by atoms with Crippen LogP contribution in [0.2, 0.25) is 0 Å². The van der Waals surface area contributed by atoms with Crippen LogP contribution < -0.4 is 10.6 Å². The van der Waals surface area contributed by atoms with Crippen molar-refractivity contribution in [2.24, 2.45) is 0 Å². The zero-order chi connectivity index (χ0) is 14.1. The Morgan fingerprint density at radius 2 is 2.05 bits per heavy atom. The number of hydrogen-bond donors (Lipinski definition) is 2. The number of halogens is 1. The highest BCUT2D eigenvalue weighted by Gasteiger charge is 2.12. The molecule has 1 amide bonds. The Labute approximate surface area is 123 Å². The summed E-state index contributed by atoms with van der Waals surface area (Å²) in [7, 11) is 0. The fraction of sp³-hybridized carbons (Fsp3) is 0.571. The molecule has 1 aromatic heterocycles. The lowest BCUT2D eigenvalue weighted by Gasteiger charge is -2.11. The van der Waals surface area contributed by atoms with Gasteiger partial charge in [-0.3, -0.25) is 4.79 Å². The molecular formula is C14H22BrN3O. The first-order valence-electron chi connectivity index (χ1n) is 6.86. The van der Waals surface area contributed by atoms with E-state index < -0.39 is 0 Å². The Kier molecular flexibility index (Phi) is 7.48. The van der Waals surface area contributed by atoms with Gasteiger partial charge < -0.3 is 10.6 Å². The maximum Gasteiger partial charge on any atom is 0.255 e. The van der Waals surface area contributed by atoms with Crippen LogP contribution in [-0.2, 0) is 0 Å². The van der Waals surface area contributed by atoms with Gasteiger partial charge in [0.2, 0.25) is 0 Å². The van der Waals surface area contributed by atoms with E-state index in [2.05, 4.69) is 45.4 Å². The zero-order valence-electron chi connectivity index (χ0n) is 11.6. The van der Waals surface area contributed by atoms with Crippen LogP contribution in [0.3, 0.4) is 0 Å². The van der Waals surface area contributed by atoms with E-state index in [0.717, 1.165) is 36.7 Å². The normalized spacial score (nSPS) is 10.3. The van der Waals surface area contributed by atoms with E-state index >= 15 is 0 Å². The number of pyridine rings is 1. The molecule has 5 heteroatoms. The number of unbranched alkanes of at least 4 members (excludes halogenated alkanes) is 2. The number of aromatic nitrogens is 1. The highest BCUT2D eigenvalue weighted by atomic mass is 79.9. The third-order valence-electron chi connectivity index (χ3n) is 2.71. The summed E-state index contributed by atoms with van der Waals surface area (Å²) >= 11 is 3.36. The van der Waals surface area contributed by atoms with Crippen LogP contribution in [0, 0.1) is 0 Å². The van der Waals surface area contributed by atoms with Crippen molar-refractivity contribution in [3.05, 3.63) is 22.3 Å². The number of amides is 1. The Bertz CT molecular complexity index is 410. The first-order valence-corrected chi connectivity index (χ1v) is 7.66. The van der Waals surface area contributed by atoms with Crippen molar-refractivity contribution >= 4 is 27.7 Å². The van der Waals surface area contributed by atoms with E-state index in [1.165, 1.54) is 0 Å². The number of carbonyl (C=O) groups is 1. The standard InChI is InChI=1S/C14H22BrN3O/c1-3-5-6-8-17-14(19)12-9-11(15)10-18-13(12)16-7-4-2/h9-10H,3-8H2,1-2H3,(H,16,18)(H,17,19). The van der Waals surface area contributed by atoms with Crippen LogP contribution >= 0.6 is 15.9 Å². The molecule has 0 radical (unpaired) electrons. The molecular weight excluding hydrogens is 306 g/mol. The van der Waals surface area contributed by atoms with E-state index in [0.29, 0.717) is 17.9 Å². The van der Waals surface area contributed by atoms with Crippen molar-refractivity contribution in [1.29, 1.82) is 0 Å². The highest BCUT2D eigenvalue weighted by molar-refractivity contribution is 9.10. The van der Waals surface area contributed by atoms with E-state index in [1.54, 1.807) is 12.3 Å². The monoisotopic (exact) mass is 327 g/mol. The summed E-state index contributed by atoms with van der Waals surface area (Å²) in [6, 6.07) is 1.81. The summed E-state index contributed by atoms with van der Waals surface area (Å²) < 4.78 is 0.813. The molecule has 0 aliphatic carbocycles. The number of nitrogens with one attached hydrogen (secondary N) is 2.